The van der Waals surface area contributed by atoms with Gasteiger partial charge in [-0.2, -0.15) is 0 Å². The van der Waals surface area contributed by atoms with Crippen LogP contribution in [0.3, 0.4) is 0 Å². The highest BCUT2D eigenvalue weighted by molar-refractivity contribution is 9.10. The number of nitrogens with zero attached hydrogens (tertiary/aromatic N) is 1. The van der Waals surface area contributed by atoms with Gasteiger partial charge < -0.3 is 15.2 Å². The molecular formula is C13H13BrN2O2S. The van der Waals surface area contributed by atoms with Crippen molar-refractivity contribution in [2.75, 3.05) is 12.5 Å². The third-order valence-corrected chi connectivity index (χ3v) is 4.64. The smallest absolute Gasteiger partial charge is 0.231 e. The summed E-state index contributed by atoms with van der Waals surface area (Å²) in [5, 5.41) is 1.77. The topological polar surface area (TPSA) is 57.4 Å². The highest BCUT2D eigenvalue weighted by Gasteiger charge is 2.21. The number of benzene rings is 1. The van der Waals surface area contributed by atoms with Gasteiger partial charge in [-0.1, -0.05) is 13.8 Å². The second kappa shape index (κ2) is 4.68. The lowest BCUT2D eigenvalue weighted by molar-refractivity contribution is 0.173. The quantitative estimate of drug-likeness (QED) is 0.897. The second-order valence-electron chi connectivity index (χ2n) is 4.61. The Bertz CT molecular complexity index is 640. The van der Waals surface area contributed by atoms with E-state index in [0.29, 0.717) is 5.92 Å². The Labute approximate surface area is 123 Å². The SMILES string of the molecule is CC(C)c1nc(-c2cc(Br)c3c(c2)OCO3)c(N)s1. The minimum absolute atomic E-state index is 0.251. The van der Waals surface area contributed by atoms with Gasteiger partial charge in [-0.25, -0.2) is 4.98 Å². The summed E-state index contributed by atoms with van der Waals surface area (Å²) in [6.07, 6.45) is 0. The molecule has 1 aliphatic heterocycles. The van der Waals surface area contributed by atoms with Crippen LogP contribution >= 0.6 is 27.3 Å². The Morgan fingerprint density at radius 2 is 2.16 bits per heavy atom. The summed E-state index contributed by atoms with van der Waals surface area (Å²) in [5.41, 5.74) is 7.83. The molecule has 0 aliphatic carbocycles. The molecule has 2 heterocycles. The number of halogens is 1. The normalized spacial score (nSPS) is 13.3. The number of anilines is 1. The standard InChI is InChI=1S/C13H13BrN2O2S/c1-6(2)13-16-10(12(15)19-13)7-3-8(14)11-9(4-7)17-5-18-11/h3-4,6H,5,15H2,1-2H3. The number of thiazole rings is 1. The predicted molar refractivity (Wildman–Crippen MR) is 79.9 cm³/mol. The molecule has 1 aromatic carbocycles. The van der Waals surface area contributed by atoms with Crippen molar-refractivity contribution in [1.82, 2.24) is 4.98 Å². The molecule has 1 aliphatic rings. The van der Waals surface area contributed by atoms with Crippen LogP contribution in [0.4, 0.5) is 5.00 Å². The number of nitrogen functional groups attached to an aromatic ring is 1. The summed E-state index contributed by atoms with van der Waals surface area (Å²) in [5.74, 6) is 1.84. The average Bonchev–Trinajstić information content (AvgIpc) is 2.95. The zero-order valence-corrected chi connectivity index (χ0v) is 13.0. The van der Waals surface area contributed by atoms with E-state index in [-0.39, 0.29) is 6.79 Å². The molecule has 0 saturated heterocycles. The van der Waals surface area contributed by atoms with Gasteiger partial charge in [0.1, 0.15) is 10.7 Å². The molecule has 0 atom stereocenters. The van der Waals surface area contributed by atoms with Crippen molar-refractivity contribution in [2.45, 2.75) is 19.8 Å². The Morgan fingerprint density at radius 1 is 1.37 bits per heavy atom. The number of fused-ring (bicyclic) bond motifs is 1. The summed E-state index contributed by atoms with van der Waals surface area (Å²) >= 11 is 5.02. The maximum atomic E-state index is 6.08. The van der Waals surface area contributed by atoms with Gasteiger partial charge in [0.25, 0.3) is 0 Å². The first kappa shape index (κ1) is 12.7. The molecule has 0 fully saturated rings. The third kappa shape index (κ3) is 2.19. The highest BCUT2D eigenvalue weighted by atomic mass is 79.9. The number of ether oxygens (including phenoxy) is 2. The molecule has 2 aromatic rings. The molecule has 0 unspecified atom stereocenters. The zero-order chi connectivity index (χ0) is 13.6. The first-order chi connectivity index (χ1) is 9.06. The fourth-order valence-corrected chi connectivity index (χ4v) is 3.32. The lowest BCUT2D eigenvalue weighted by atomic mass is 10.1. The van der Waals surface area contributed by atoms with Gasteiger partial charge in [-0.15, -0.1) is 11.3 Å². The van der Waals surface area contributed by atoms with E-state index in [4.69, 9.17) is 15.2 Å². The number of aromatic nitrogens is 1. The summed E-state index contributed by atoms with van der Waals surface area (Å²) in [4.78, 5) is 4.62. The van der Waals surface area contributed by atoms with E-state index in [0.717, 1.165) is 37.2 Å². The van der Waals surface area contributed by atoms with Crippen LogP contribution in [0.15, 0.2) is 16.6 Å². The summed E-state index contributed by atoms with van der Waals surface area (Å²) in [6, 6.07) is 3.88. The van der Waals surface area contributed by atoms with E-state index in [1.54, 1.807) is 0 Å². The van der Waals surface area contributed by atoms with Crippen molar-refractivity contribution in [3.63, 3.8) is 0 Å². The molecule has 0 bridgehead atoms. The van der Waals surface area contributed by atoms with Gasteiger partial charge in [-0.3, -0.25) is 0 Å². The molecule has 4 nitrogen and oxygen atoms in total. The molecule has 2 N–H and O–H groups in total. The van der Waals surface area contributed by atoms with E-state index >= 15 is 0 Å². The van der Waals surface area contributed by atoms with E-state index in [1.807, 2.05) is 12.1 Å². The van der Waals surface area contributed by atoms with Crippen molar-refractivity contribution in [3.8, 4) is 22.8 Å². The van der Waals surface area contributed by atoms with Crippen molar-refractivity contribution < 1.29 is 9.47 Å². The Morgan fingerprint density at radius 3 is 2.84 bits per heavy atom. The van der Waals surface area contributed by atoms with Gasteiger partial charge in [0, 0.05) is 11.5 Å². The molecule has 6 heteroatoms. The number of rotatable bonds is 2. The first-order valence-corrected chi connectivity index (χ1v) is 7.53. The van der Waals surface area contributed by atoms with Crippen molar-refractivity contribution in [3.05, 3.63) is 21.6 Å². The van der Waals surface area contributed by atoms with E-state index < -0.39 is 0 Å². The van der Waals surface area contributed by atoms with Crippen LogP contribution in [0.25, 0.3) is 11.3 Å². The molecule has 100 valence electrons. The zero-order valence-electron chi connectivity index (χ0n) is 10.6. The van der Waals surface area contributed by atoms with Gasteiger partial charge in [0.2, 0.25) is 6.79 Å². The van der Waals surface area contributed by atoms with E-state index in [1.165, 1.54) is 11.3 Å². The molecule has 0 radical (unpaired) electrons. The maximum absolute atomic E-state index is 6.08. The van der Waals surface area contributed by atoms with Crippen LogP contribution in [0, 0.1) is 0 Å². The summed E-state index contributed by atoms with van der Waals surface area (Å²) < 4.78 is 11.7. The molecule has 0 spiro atoms. The van der Waals surface area contributed by atoms with Crippen LogP contribution in [0.2, 0.25) is 0 Å². The van der Waals surface area contributed by atoms with E-state index in [9.17, 15) is 0 Å². The van der Waals surface area contributed by atoms with Gasteiger partial charge in [-0.05, 0) is 28.1 Å². The molecule has 19 heavy (non-hydrogen) atoms. The predicted octanol–water partition coefficient (Wildman–Crippen LogP) is 4.01. The Hall–Kier alpha value is -1.27. The van der Waals surface area contributed by atoms with Gasteiger partial charge in [0.15, 0.2) is 11.5 Å². The summed E-state index contributed by atoms with van der Waals surface area (Å²) in [6.45, 7) is 4.47. The molecular weight excluding hydrogens is 328 g/mol. The number of hydrogen-bond donors (Lipinski definition) is 1. The molecule has 0 amide bonds. The van der Waals surface area contributed by atoms with Crippen LogP contribution in [-0.4, -0.2) is 11.8 Å². The van der Waals surface area contributed by atoms with Crippen molar-refractivity contribution in [1.29, 1.82) is 0 Å². The fourth-order valence-electron chi connectivity index (χ4n) is 1.91. The highest BCUT2D eigenvalue weighted by Crippen LogP contribution is 2.44. The van der Waals surface area contributed by atoms with Crippen LogP contribution in [0.5, 0.6) is 11.5 Å². The van der Waals surface area contributed by atoms with Crippen LogP contribution < -0.4 is 15.2 Å². The monoisotopic (exact) mass is 340 g/mol. The van der Waals surface area contributed by atoms with Crippen LogP contribution in [-0.2, 0) is 0 Å². The lowest BCUT2D eigenvalue weighted by Gasteiger charge is -2.04. The average molecular weight is 341 g/mol. The van der Waals surface area contributed by atoms with Crippen LogP contribution in [0.1, 0.15) is 24.8 Å². The largest absolute Gasteiger partial charge is 0.454 e. The summed E-state index contributed by atoms with van der Waals surface area (Å²) in [7, 11) is 0. The molecule has 3 rings (SSSR count). The number of nitrogens with two attached hydrogens (primary N) is 1. The van der Waals surface area contributed by atoms with Crippen molar-refractivity contribution >= 4 is 32.3 Å². The van der Waals surface area contributed by atoms with Crippen molar-refractivity contribution in [2.24, 2.45) is 0 Å². The fraction of sp³-hybridized carbons (Fsp3) is 0.308. The Kier molecular flexibility index (Phi) is 3.14. The third-order valence-electron chi connectivity index (χ3n) is 2.86. The molecule has 0 saturated carbocycles. The van der Waals surface area contributed by atoms with Gasteiger partial charge >= 0.3 is 0 Å². The minimum atomic E-state index is 0.251. The van der Waals surface area contributed by atoms with Gasteiger partial charge in [0.05, 0.1) is 9.48 Å². The first-order valence-electron chi connectivity index (χ1n) is 5.92. The second-order valence-corrected chi connectivity index (χ2v) is 6.53. The number of hydrogen-bond acceptors (Lipinski definition) is 5. The lowest BCUT2D eigenvalue weighted by Crippen LogP contribution is -1.93. The maximum Gasteiger partial charge on any atom is 0.231 e. The minimum Gasteiger partial charge on any atom is -0.454 e. The van der Waals surface area contributed by atoms with E-state index in [2.05, 4.69) is 34.8 Å². The Balaban J connectivity index is 2.10. The molecule has 1 aromatic heterocycles.